The fourth-order valence-electron chi connectivity index (χ4n) is 2.85. The molecule has 0 bridgehead atoms. The molecular weight excluding hydrogens is 304 g/mol. The van der Waals surface area contributed by atoms with E-state index in [9.17, 15) is 0 Å². The van der Waals surface area contributed by atoms with Crippen molar-refractivity contribution in [3.63, 3.8) is 0 Å². The van der Waals surface area contributed by atoms with Gasteiger partial charge in [-0.05, 0) is 19.1 Å². The molecule has 122 valence electrons. The van der Waals surface area contributed by atoms with Crippen molar-refractivity contribution in [1.29, 1.82) is 0 Å². The van der Waals surface area contributed by atoms with Crippen LogP contribution in [-0.2, 0) is 0 Å². The van der Waals surface area contributed by atoms with Crippen LogP contribution in [0.3, 0.4) is 0 Å². The van der Waals surface area contributed by atoms with Gasteiger partial charge in [-0.2, -0.15) is 0 Å². The second kappa shape index (κ2) is 6.15. The summed E-state index contributed by atoms with van der Waals surface area (Å²) in [6.07, 6.45) is 6.91. The predicted octanol–water partition coefficient (Wildman–Crippen LogP) is 2.17. The quantitative estimate of drug-likeness (QED) is 0.503. The second-order valence-corrected chi connectivity index (χ2v) is 5.41. The molecule has 0 aliphatic rings. The van der Waals surface area contributed by atoms with Crippen molar-refractivity contribution in [2.24, 2.45) is 0 Å². The van der Waals surface area contributed by atoms with Gasteiger partial charge in [-0.15, -0.1) is 0 Å². The Morgan fingerprint density at radius 1 is 0.958 bits per heavy atom. The summed E-state index contributed by atoms with van der Waals surface area (Å²) in [7, 11) is 0. The van der Waals surface area contributed by atoms with Crippen molar-refractivity contribution in [2.75, 3.05) is 29.9 Å². The molecule has 0 saturated heterocycles. The molecule has 0 spiro atoms. The van der Waals surface area contributed by atoms with E-state index in [1.54, 1.807) is 12.7 Å². The van der Waals surface area contributed by atoms with Crippen molar-refractivity contribution in [3.8, 4) is 0 Å². The fourth-order valence-corrected chi connectivity index (χ4v) is 2.85. The maximum atomic E-state index is 4.45. The molecule has 0 aromatic carbocycles. The molecule has 4 aromatic rings. The number of anilines is 2. The number of hydrogen-bond donors (Lipinski definition) is 3. The minimum absolute atomic E-state index is 0.751. The minimum Gasteiger partial charge on any atom is -0.368 e. The number of nitrogens with zero attached hydrogens (tertiary/aromatic N) is 5. The van der Waals surface area contributed by atoms with Crippen LogP contribution in [-0.4, -0.2) is 49.5 Å². The number of likely N-dealkylation sites (N-methyl/N-ethyl adjacent to an activating group) is 1. The SMILES string of the molecule is CCN(CCNc1ncnc2[nH]ccc12)c1ncnc2[nH]ccc12. The summed E-state index contributed by atoms with van der Waals surface area (Å²) < 4.78 is 0. The highest BCUT2D eigenvalue weighted by atomic mass is 15.2. The van der Waals surface area contributed by atoms with Crippen LogP contribution in [0.2, 0.25) is 0 Å². The Morgan fingerprint density at radius 2 is 1.67 bits per heavy atom. The van der Waals surface area contributed by atoms with Gasteiger partial charge in [0.2, 0.25) is 0 Å². The lowest BCUT2D eigenvalue weighted by atomic mass is 10.3. The molecule has 24 heavy (non-hydrogen) atoms. The van der Waals surface area contributed by atoms with Crippen LogP contribution in [0.15, 0.2) is 37.2 Å². The van der Waals surface area contributed by atoms with E-state index in [1.165, 1.54) is 0 Å². The van der Waals surface area contributed by atoms with Crippen molar-refractivity contribution in [1.82, 2.24) is 29.9 Å². The highest BCUT2D eigenvalue weighted by Crippen LogP contribution is 2.22. The Hall–Kier alpha value is -3.16. The van der Waals surface area contributed by atoms with Crippen LogP contribution in [0.5, 0.6) is 0 Å². The van der Waals surface area contributed by atoms with Gasteiger partial charge in [-0.1, -0.05) is 0 Å². The van der Waals surface area contributed by atoms with Crippen molar-refractivity contribution in [2.45, 2.75) is 6.92 Å². The molecule has 4 aromatic heterocycles. The maximum Gasteiger partial charge on any atom is 0.142 e. The monoisotopic (exact) mass is 322 g/mol. The van der Waals surface area contributed by atoms with Crippen LogP contribution in [0.4, 0.5) is 11.6 Å². The van der Waals surface area contributed by atoms with E-state index in [2.05, 4.69) is 47.0 Å². The Bertz CT molecular complexity index is 957. The summed E-state index contributed by atoms with van der Waals surface area (Å²) in [5, 5.41) is 5.42. The second-order valence-electron chi connectivity index (χ2n) is 5.41. The maximum absolute atomic E-state index is 4.45. The van der Waals surface area contributed by atoms with Gasteiger partial charge >= 0.3 is 0 Å². The number of fused-ring (bicyclic) bond motifs is 2. The average molecular weight is 322 g/mol. The minimum atomic E-state index is 0.751. The first kappa shape index (κ1) is 14.4. The van der Waals surface area contributed by atoms with Gasteiger partial charge in [0.05, 0.1) is 10.8 Å². The Kier molecular flexibility index (Phi) is 3.70. The molecule has 4 heterocycles. The largest absolute Gasteiger partial charge is 0.368 e. The van der Waals surface area contributed by atoms with Gasteiger partial charge in [-0.3, -0.25) is 0 Å². The molecule has 0 atom stereocenters. The van der Waals surface area contributed by atoms with Gasteiger partial charge in [0.1, 0.15) is 35.6 Å². The van der Waals surface area contributed by atoms with Crippen molar-refractivity contribution < 1.29 is 0 Å². The summed E-state index contributed by atoms with van der Waals surface area (Å²) >= 11 is 0. The van der Waals surface area contributed by atoms with Gasteiger partial charge < -0.3 is 20.2 Å². The summed E-state index contributed by atoms with van der Waals surface area (Å²) in [6, 6.07) is 3.98. The Morgan fingerprint density at radius 3 is 2.46 bits per heavy atom. The molecule has 0 fully saturated rings. The van der Waals surface area contributed by atoms with Crippen molar-refractivity contribution >= 4 is 33.7 Å². The molecule has 0 aliphatic heterocycles. The Labute approximate surface area is 138 Å². The third-order valence-electron chi connectivity index (χ3n) is 4.04. The molecule has 0 aliphatic carbocycles. The molecule has 3 N–H and O–H groups in total. The van der Waals surface area contributed by atoms with Crippen LogP contribution < -0.4 is 10.2 Å². The molecule has 4 rings (SSSR count). The zero-order chi connectivity index (χ0) is 16.4. The molecule has 0 amide bonds. The lowest BCUT2D eigenvalue weighted by molar-refractivity contribution is 0.819. The Balaban J connectivity index is 1.50. The van der Waals surface area contributed by atoms with E-state index in [1.807, 2.05) is 24.5 Å². The van der Waals surface area contributed by atoms with E-state index < -0.39 is 0 Å². The lowest BCUT2D eigenvalue weighted by Crippen LogP contribution is -2.29. The number of nitrogens with one attached hydrogen (secondary N) is 3. The van der Waals surface area contributed by atoms with Gasteiger partial charge in [0.25, 0.3) is 0 Å². The van der Waals surface area contributed by atoms with E-state index in [4.69, 9.17) is 0 Å². The lowest BCUT2D eigenvalue weighted by Gasteiger charge is -2.22. The average Bonchev–Trinajstić information content (AvgIpc) is 3.27. The molecule has 8 nitrogen and oxygen atoms in total. The highest BCUT2D eigenvalue weighted by molar-refractivity contribution is 5.88. The van der Waals surface area contributed by atoms with Crippen molar-refractivity contribution in [3.05, 3.63) is 37.2 Å². The zero-order valence-corrected chi connectivity index (χ0v) is 13.3. The molecule has 8 heteroatoms. The summed E-state index contributed by atoms with van der Waals surface area (Å²) in [5.41, 5.74) is 1.70. The van der Waals surface area contributed by atoms with E-state index in [0.717, 1.165) is 53.3 Å². The van der Waals surface area contributed by atoms with Gasteiger partial charge in [0.15, 0.2) is 0 Å². The van der Waals surface area contributed by atoms with Gasteiger partial charge in [0, 0.05) is 32.0 Å². The third-order valence-corrected chi connectivity index (χ3v) is 4.04. The predicted molar refractivity (Wildman–Crippen MR) is 94.2 cm³/mol. The third kappa shape index (κ3) is 2.51. The fraction of sp³-hybridized carbons (Fsp3) is 0.250. The zero-order valence-electron chi connectivity index (χ0n) is 13.3. The van der Waals surface area contributed by atoms with Crippen LogP contribution in [0.25, 0.3) is 22.1 Å². The molecule has 0 saturated carbocycles. The van der Waals surface area contributed by atoms with Crippen LogP contribution >= 0.6 is 0 Å². The van der Waals surface area contributed by atoms with Crippen LogP contribution in [0, 0.1) is 0 Å². The number of aromatic amines is 2. The summed E-state index contributed by atoms with van der Waals surface area (Å²) in [6.45, 7) is 4.54. The standard InChI is InChI=1S/C16H18N8/c1-2-24(16-12-4-6-18-15(12)22-10-23-16)8-7-19-14-11-3-5-17-13(11)20-9-21-14/h3-6,9-10H,2,7-8H2,1H3,(H,18,22,23)(H2,17,19,20,21). The smallest absolute Gasteiger partial charge is 0.142 e. The number of hydrogen-bond acceptors (Lipinski definition) is 6. The summed E-state index contributed by atoms with van der Waals surface area (Å²) in [5.74, 6) is 1.78. The summed E-state index contributed by atoms with van der Waals surface area (Å²) in [4.78, 5) is 25.7. The highest BCUT2D eigenvalue weighted by Gasteiger charge is 2.11. The van der Waals surface area contributed by atoms with Crippen LogP contribution in [0.1, 0.15) is 6.92 Å². The normalized spacial score (nSPS) is 11.2. The number of rotatable bonds is 6. The van der Waals surface area contributed by atoms with E-state index in [-0.39, 0.29) is 0 Å². The van der Waals surface area contributed by atoms with E-state index >= 15 is 0 Å². The number of H-pyrrole nitrogens is 2. The molecular formula is C16H18N8. The topological polar surface area (TPSA) is 98.4 Å². The number of aromatic nitrogens is 6. The first-order valence-corrected chi connectivity index (χ1v) is 7.92. The first-order chi connectivity index (χ1) is 11.9. The first-order valence-electron chi connectivity index (χ1n) is 7.92. The van der Waals surface area contributed by atoms with Gasteiger partial charge in [-0.25, -0.2) is 19.9 Å². The van der Waals surface area contributed by atoms with E-state index in [0.29, 0.717) is 0 Å². The molecule has 0 radical (unpaired) electrons. The molecule has 0 unspecified atom stereocenters.